The molecule has 0 radical (unpaired) electrons. The number of rotatable bonds is 2. The lowest BCUT2D eigenvalue weighted by atomic mass is 10.2. The van der Waals surface area contributed by atoms with Gasteiger partial charge < -0.3 is 20.4 Å². The Bertz CT molecular complexity index is 554. The summed E-state index contributed by atoms with van der Waals surface area (Å²) in [5.74, 6) is -2.02. The number of hydrogen-bond donors (Lipinski definition) is 3. The van der Waals surface area contributed by atoms with Crippen molar-refractivity contribution < 1.29 is 24.2 Å². The van der Waals surface area contributed by atoms with E-state index in [1.165, 1.54) is 18.2 Å². The Morgan fingerprint density at radius 2 is 2.15 bits per heavy atom. The number of carbonyl (C=O) groups excluding carboxylic acids is 1. The van der Waals surface area contributed by atoms with Crippen LogP contribution in [0.4, 0.5) is 14.9 Å². The minimum atomic E-state index is -1.22. The van der Waals surface area contributed by atoms with Gasteiger partial charge in [0.1, 0.15) is 6.04 Å². The van der Waals surface area contributed by atoms with Crippen LogP contribution >= 0.6 is 11.6 Å². The fourth-order valence-corrected chi connectivity index (χ4v) is 2.23. The average Bonchev–Trinajstić information content (AvgIpc) is 2.77. The van der Waals surface area contributed by atoms with Crippen LogP contribution in [0.15, 0.2) is 18.2 Å². The zero-order chi connectivity index (χ0) is 14.9. The van der Waals surface area contributed by atoms with Crippen LogP contribution < -0.4 is 5.32 Å². The number of hydrogen-bond acceptors (Lipinski definition) is 3. The first-order valence-corrected chi connectivity index (χ1v) is 6.20. The molecule has 2 atom stereocenters. The molecule has 0 saturated carbocycles. The maximum Gasteiger partial charge on any atom is 0.326 e. The van der Waals surface area contributed by atoms with Gasteiger partial charge in [0.15, 0.2) is 5.82 Å². The van der Waals surface area contributed by atoms with Crippen molar-refractivity contribution in [2.45, 2.75) is 18.6 Å². The SMILES string of the molecule is O=C(O)C1CC(O)CN1C(=O)Nc1cccc(Cl)c1F. The summed E-state index contributed by atoms with van der Waals surface area (Å²) in [4.78, 5) is 23.9. The Hall–Kier alpha value is -1.86. The number of likely N-dealkylation sites (tertiary alicyclic amines) is 1. The molecule has 1 aromatic rings. The maximum atomic E-state index is 13.7. The van der Waals surface area contributed by atoms with Gasteiger partial charge in [-0.15, -0.1) is 0 Å². The highest BCUT2D eigenvalue weighted by molar-refractivity contribution is 6.31. The molecule has 108 valence electrons. The van der Waals surface area contributed by atoms with Gasteiger partial charge in [-0.2, -0.15) is 0 Å². The molecular weight excluding hydrogens is 291 g/mol. The average molecular weight is 303 g/mol. The summed E-state index contributed by atoms with van der Waals surface area (Å²) >= 11 is 5.59. The van der Waals surface area contributed by atoms with Crippen molar-refractivity contribution in [3.05, 3.63) is 29.0 Å². The predicted octanol–water partition coefficient (Wildman–Crippen LogP) is 1.53. The van der Waals surface area contributed by atoms with Gasteiger partial charge >= 0.3 is 12.0 Å². The van der Waals surface area contributed by atoms with Crippen molar-refractivity contribution in [3.8, 4) is 0 Å². The first-order valence-electron chi connectivity index (χ1n) is 5.82. The fraction of sp³-hybridized carbons (Fsp3) is 0.333. The van der Waals surface area contributed by atoms with Gasteiger partial charge in [-0.05, 0) is 12.1 Å². The van der Waals surface area contributed by atoms with Crippen LogP contribution in [-0.2, 0) is 4.79 Å². The van der Waals surface area contributed by atoms with E-state index in [0.29, 0.717) is 0 Å². The third kappa shape index (κ3) is 2.83. The Morgan fingerprint density at radius 3 is 2.80 bits per heavy atom. The van der Waals surface area contributed by atoms with Gasteiger partial charge in [-0.1, -0.05) is 17.7 Å². The quantitative estimate of drug-likeness (QED) is 0.773. The van der Waals surface area contributed by atoms with E-state index in [1.807, 2.05) is 0 Å². The Morgan fingerprint density at radius 1 is 1.45 bits per heavy atom. The lowest BCUT2D eigenvalue weighted by Crippen LogP contribution is -2.43. The Balaban J connectivity index is 2.15. The van der Waals surface area contributed by atoms with Gasteiger partial charge in [0.2, 0.25) is 0 Å². The molecule has 20 heavy (non-hydrogen) atoms. The number of nitrogens with zero attached hydrogens (tertiary/aromatic N) is 1. The lowest BCUT2D eigenvalue weighted by molar-refractivity contribution is -0.141. The third-order valence-electron chi connectivity index (χ3n) is 3.02. The molecule has 0 aliphatic carbocycles. The lowest BCUT2D eigenvalue weighted by Gasteiger charge is -2.21. The summed E-state index contributed by atoms with van der Waals surface area (Å²) in [5.41, 5.74) is -0.145. The van der Waals surface area contributed by atoms with E-state index in [2.05, 4.69) is 5.32 Å². The number of nitrogens with one attached hydrogen (secondary N) is 1. The molecule has 1 aromatic carbocycles. The van der Waals surface area contributed by atoms with E-state index >= 15 is 0 Å². The van der Waals surface area contributed by atoms with Crippen LogP contribution in [0.3, 0.4) is 0 Å². The summed E-state index contributed by atoms with van der Waals surface area (Å²) in [5, 5.41) is 20.5. The molecule has 3 N–H and O–H groups in total. The second-order valence-electron chi connectivity index (χ2n) is 4.43. The summed E-state index contributed by atoms with van der Waals surface area (Å²) in [6.07, 6.45) is -0.966. The van der Waals surface area contributed by atoms with E-state index in [4.69, 9.17) is 16.7 Å². The minimum Gasteiger partial charge on any atom is -0.480 e. The van der Waals surface area contributed by atoms with Crippen LogP contribution in [0, 0.1) is 5.82 Å². The number of urea groups is 1. The number of carboxylic acid groups (broad SMARTS) is 1. The zero-order valence-electron chi connectivity index (χ0n) is 10.2. The van der Waals surface area contributed by atoms with Crippen LogP contribution in [-0.4, -0.2) is 45.8 Å². The number of aliphatic hydroxyl groups is 1. The number of aliphatic hydroxyl groups excluding tert-OH is 1. The molecule has 1 fully saturated rings. The molecule has 1 heterocycles. The zero-order valence-corrected chi connectivity index (χ0v) is 11.0. The van der Waals surface area contributed by atoms with Crippen LogP contribution in [0.1, 0.15) is 6.42 Å². The number of anilines is 1. The van der Waals surface area contributed by atoms with Crippen LogP contribution in [0.2, 0.25) is 5.02 Å². The second kappa shape index (κ2) is 5.64. The van der Waals surface area contributed by atoms with E-state index in [0.717, 1.165) is 4.90 Å². The maximum absolute atomic E-state index is 13.7. The molecule has 1 aliphatic heterocycles. The van der Waals surface area contributed by atoms with Gasteiger partial charge in [0.05, 0.1) is 16.8 Å². The van der Waals surface area contributed by atoms with Crippen molar-refractivity contribution in [2.24, 2.45) is 0 Å². The molecule has 0 aromatic heterocycles. The molecule has 2 amide bonds. The molecule has 2 unspecified atom stereocenters. The molecule has 8 heteroatoms. The highest BCUT2D eigenvalue weighted by Gasteiger charge is 2.39. The van der Waals surface area contributed by atoms with E-state index in [1.54, 1.807) is 0 Å². The number of amides is 2. The normalized spacial score (nSPS) is 21.9. The van der Waals surface area contributed by atoms with E-state index in [-0.39, 0.29) is 23.7 Å². The van der Waals surface area contributed by atoms with Gasteiger partial charge in [0.25, 0.3) is 0 Å². The van der Waals surface area contributed by atoms with Crippen molar-refractivity contribution in [1.82, 2.24) is 4.90 Å². The van der Waals surface area contributed by atoms with Crippen molar-refractivity contribution in [2.75, 3.05) is 11.9 Å². The molecule has 2 rings (SSSR count). The van der Waals surface area contributed by atoms with Gasteiger partial charge in [-0.3, -0.25) is 0 Å². The monoisotopic (exact) mass is 302 g/mol. The molecule has 0 bridgehead atoms. The van der Waals surface area contributed by atoms with Gasteiger partial charge in [-0.25, -0.2) is 14.0 Å². The van der Waals surface area contributed by atoms with Crippen molar-refractivity contribution >= 4 is 29.3 Å². The first-order chi connectivity index (χ1) is 9.40. The number of carboxylic acids is 1. The standard InChI is InChI=1S/C12H12ClFN2O4/c13-7-2-1-3-8(10(7)14)15-12(20)16-5-6(17)4-9(16)11(18)19/h1-3,6,9,17H,4-5H2,(H,15,20)(H,18,19). The molecule has 0 spiro atoms. The van der Waals surface area contributed by atoms with E-state index < -0.39 is 30.0 Å². The number of benzene rings is 1. The number of carbonyl (C=O) groups is 2. The Kier molecular flexibility index (Phi) is 4.10. The molecule has 1 saturated heterocycles. The molecule has 1 aliphatic rings. The third-order valence-corrected chi connectivity index (χ3v) is 3.31. The number of β-amino-alcohol motifs (C(OH)–C–C–N with tert-alkyl or cyclic N) is 1. The topological polar surface area (TPSA) is 89.9 Å². The largest absolute Gasteiger partial charge is 0.480 e. The van der Waals surface area contributed by atoms with Gasteiger partial charge in [0, 0.05) is 13.0 Å². The summed E-state index contributed by atoms with van der Waals surface area (Å²) in [7, 11) is 0. The predicted molar refractivity (Wildman–Crippen MR) is 69.2 cm³/mol. The second-order valence-corrected chi connectivity index (χ2v) is 4.83. The highest BCUT2D eigenvalue weighted by atomic mass is 35.5. The molecule has 6 nitrogen and oxygen atoms in total. The first kappa shape index (κ1) is 14.5. The highest BCUT2D eigenvalue weighted by Crippen LogP contribution is 2.24. The smallest absolute Gasteiger partial charge is 0.326 e. The summed E-state index contributed by atoms with van der Waals surface area (Å²) in [6.45, 7) is -0.120. The fourth-order valence-electron chi connectivity index (χ4n) is 2.06. The Labute approximate surface area is 118 Å². The summed E-state index contributed by atoms with van der Waals surface area (Å²) < 4.78 is 13.7. The summed E-state index contributed by atoms with van der Waals surface area (Å²) in [6, 6.07) is 2.16. The number of halogens is 2. The minimum absolute atomic E-state index is 0.0548. The van der Waals surface area contributed by atoms with E-state index in [9.17, 15) is 19.1 Å². The number of aliphatic carboxylic acids is 1. The molecular formula is C12H12ClFN2O4. The van der Waals surface area contributed by atoms with Crippen LogP contribution in [0.5, 0.6) is 0 Å². The van der Waals surface area contributed by atoms with Crippen molar-refractivity contribution in [3.63, 3.8) is 0 Å². The van der Waals surface area contributed by atoms with Crippen LogP contribution in [0.25, 0.3) is 0 Å². The van der Waals surface area contributed by atoms with Crippen molar-refractivity contribution in [1.29, 1.82) is 0 Å².